The number of benzene rings is 1. The largest absolute Gasteiger partial charge is 0.435 e. The Hall–Kier alpha value is -1.24. The molecule has 2 rings (SSSR count). The van der Waals surface area contributed by atoms with Gasteiger partial charge < -0.3 is 19.5 Å². The second-order valence-electron chi connectivity index (χ2n) is 5.89. The maximum atomic E-state index is 12.1. The third-order valence-electron chi connectivity index (χ3n) is 4.08. The van der Waals surface area contributed by atoms with Crippen LogP contribution in [0.2, 0.25) is 0 Å². The van der Waals surface area contributed by atoms with Crippen LogP contribution in [-0.2, 0) is 4.74 Å². The molecular weight excluding hydrogens is 304 g/mol. The van der Waals surface area contributed by atoms with E-state index < -0.39 is 12.7 Å². The Kier molecular flexibility index (Phi) is 7.20. The summed E-state index contributed by atoms with van der Waals surface area (Å²) in [6, 6.07) is 6.17. The number of aliphatic hydroxyl groups excluding tert-OH is 1. The molecule has 1 heterocycles. The zero-order chi connectivity index (χ0) is 16.7. The van der Waals surface area contributed by atoms with Gasteiger partial charge >= 0.3 is 6.61 Å². The summed E-state index contributed by atoms with van der Waals surface area (Å²) in [6.45, 7) is 3.08. The van der Waals surface area contributed by atoms with E-state index in [1.807, 2.05) is 6.92 Å². The van der Waals surface area contributed by atoms with Crippen molar-refractivity contribution in [2.24, 2.45) is 5.92 Å². The van der Waals surface area contributed by atoms with Crippen LogP contribution in [0.15, 0.2) is 24.3 Å². The minimum atomic E-state index is -2.83. The van der Waals surface area contributed by atoms with E-state index in [9.17, 15) is 13.9 Å². The van der Waals surface area contributed by atoms with Gasteiger partial charge in [-0.3, -0.25) is 0 Å². The molecule has 2 atom stereocenters. The van der Waals surface area contributed by atoms with E-state index in [-0.39, 0.29) is 5.75 Å². The minimum Gasteiger partial charge on any atom is -0.435 e. The topological polar surface area (TPSA) is 41.9 Å². The molecule has 0 saturated carbocycles. The van der Waals surface area contributed by atoms with E-state index >= 15 is 0 Å². The lowest BCUT2D eigenvalue weighted by Crippen LogP contribution is -2.39. The van der Waals surface area contributed by atoms with E-state index in [4.69, 9.17) is 4.74 Å². The molecule has 1 fully saturated rings. The lowest BCUT2D eigenvalue weighted by Gasteiger charge is -2.33. The lowest BCUT2D eigenvalue weighted by atomic mass is 9.98. The first-order valence-corrected chi connectivity index (χ1v) is 8.11. The van der Waals surface area contributed by atoms with Crippen LogP contribution < -0.4 is 4.74 Å². The van der Waals surface area contributed by atoms with E-state index in [1.54, 1.807) is 12.1 Å². The molecule has 1 aromatic rings. The van der Waals surface area contributed by atoms with Crippen molar-refractivity contribution >= 4 is 0 Å². The number of rotatable bonds is 8. The average molecular weight is 329 g/mol. The number of halogens is 2. The summed E-state index contributed by atoms with van der Waals surface area (Å²) in [5.74, 6) is 0.614. The van der Waals surface area contributed by atoms with Gasteiger partial charge in [-0.2, -0.15) is 8.78 Å². The van der Waals surface area contributed by atoms with Crippen molar-refractivity contribution in [1.82, 2.24) is 4.90 Å². The summed E-state index contributed by atoms with van der Waals surface area (Å²) < 4.78 is 34.1. The fourth-order valence-electron chi connectivity index (χ4n) is 2.96. The highest BCUT2D eigenvalue weighted by atomic mass is 19.3. The molecule has 1 aliphatic rings. The molecule has 0 aromatic heterocycles. The standard InChI is InChI=1S/C17H25F2NO3/c1-2-22-12-13-4-3-9-20(10-13)11-16(21)14-5-7-15(8-6-14)23-17(18)19/h5-8,13,16-17,21H,2-4,9-12H2,1H3. The third-order valence-corrected chi connectivity index (χ3v) is 4.08. The monoisotopic (exact) mass is 329 g/mol. The quantitative estimate of drug-likeness (QED) is 0.796. The molecule has 0 spiro atoms. The van der Waals surface area contributed by atoms with Crippen LogP contribution in [0.5, 0.6) is 5.75 Å². The van der Waals surface area contributed by atoms with Gasteiger partial charge in [0.1, 0.15) is 5.75 Å². The smallest absolute Gasteiger partial charge is 0.387 e. The van der Waals surface area contributed by atoms with Crippen molar-refractivity contribution in [3.05, 3.63) is 29.8 Å². The first-order valence-electron chi connectivity index (χ1n) is 8.11. The molecule has 1 aromatic carbocycles. The number of β-amino-alcohol motifs (C(OH)–C–C–N with tert-alkyl or cyclic N) is 1. The van der Waals surface area contributed by atoms with Crippen molar-refractivity contribution in [3.63, 3.8) is 0 Å². The van der Waals surface area contributed by atoms with Gasteiger partial charge in [0.25, 0.3) is 0 Å². The molecular formula is C17H25F2NO3. The minimum absolute atomic E-state index is 0.103. The predicted molar refractivity (Wildman–Crippen MR) is 83.7 cm³/mol. The predicted octanol–water partition coefficient (Wildman–Crippen LogP) is 3.07. The van der Waals surface area contributed by atoms with Gasteiger partial charge in [0, 0.05) is 19.7 Å². The van der Waals surface area contributed by atoms with Gasteiger partial charge in [0.05, 0.1) is 12.7 Å². The lowest BCUT2D eigenvalue weighted by molar-refractivity contribution is -0.0498. The molecule has 1 N–H and O–H groups in total. The summed E-state index contributed by atoms with van der Waals surface area (Å²) >= 11 is 0. The normalized spacial score (nSPS) is 20.7. The Balaban J connectivity index is 1.84. The molecule has 1 aliphatic heterocycles. The van der Waals surface area contributed by atoms with Crippen molar-refractivity contribution in [2.75, 3.05) is 32.8 Å². The van der Waals surface area contributed by atoms with Crippen LogP contribution in [0.4, 0.5) is 8.78 Å². The van der Waals surface area contributed by atoms with Gasteiger partial charge in [-0.05, 0) is 49.9 Å². The first kappa shape index (κ1) is 18.1. The summed E-state index contributed by atoms with van der Waals surface area (Å²) in [6.07, 6.45) is 1.62. The SMILES string of the molecule is CCOCC1CCCN(CC(O)c2ccc(OC(F)F)cc2)C1. The first-order chi connectivity index (χ1) is 11.1. The van der Waals surface area contributed by atoms with Gasteiger partial charge in [-0.15, -0.1) is 0 Å². The van der Waals surface area contributed by atoms with Crippen LogP contribution >= 0.6 is 0 Å². The Morgan fingerprint density at radius 3 is 2.70 bits per heavy atom. The van der Waals surface area contributed by atoms with Crippen LogP contribution in [0.1, 0.15) is 31.4 Å². The highest BCUT2D eigenvalue weighted by molar-refractivity contribution is 5.28. The molecule has 0 aliphatic carbocycles. The van der Waals surface area contributed by atoms with E-state index in [0.717, 1.165) is 39.1 Å². The number of likely N-dealkylation sites (tertiary alicyclic amines) is 1. The molecule has 0 bridgehead atoms. The Bertz CT molecular complexity index is 456. The molecule has 0 amide bonds. The van der Waals surface area contributed by atoms with Crippen LogP contribution in [-0.4, -0.2) is 49.5 Å². The fourth-order valence-corrected chi connectivity index (χ4v) is 2.96. The molecule has 130 valence electrons. The number of ether oxygens (including phenoxy) is 2. The van der Waals surface area contributed by atoms with E-state index in [1.165, 1.54) is 12.1 Å². The zero-order valence-electron chi connectivity index (χ0n) is 13.5. The Morgan fingerprint density at radius 1 is 1.30 bits per heavy atom. The maximum absolute atomic E-state index is 12.1. The Labute approximate surface area is 136 Å². The highest BCUT2D eigenvalue weighted by Crippen LogP contribution is 2.23. The third kappa shape index (κ3) is 6.05. The summed E-state index contributed by atoms with van der Waals surface area (Å²) in [7, 11) is 0. The number of piperidine rings is 1. The average Bonchev–Trinajstić information content (AvgIpc) is 2.53. The highest BCUT2D eigenvalue weighted by Gasteiger charge is 2.22. The van der Waals surface area contributed by atoms with Crippen molar-refractivity contribution in [2.45, 2.75) is 32.5 Å². The molecule has 4 nitrogen and oxygen atoms in total. The second-order valence-corrected chi connectivity index (χ2v) is 5.89. The van der Waals surface area contributed by atoms with Crippen LogP contribution in [0.3, 0.4) is 0 Å². The van der Waals surface area contributed by atoms with Crippen molar-refractivity contribution < 1.29 is 23.4 Å². The molecule has 0 radical (unpaired) electrons. The molecule has 2 unspecified atom stereocenters. The molecule has 23 heavy (non-hydrogen) atoms. The summed E-state index contributed by atoms with van der Waals surface area (Å²) in [5.41, 5.74) is 0.707. The van der Waals surface area contributed by atoms with Crippen LogP contribution in [0.25, 0.3) is 0 Å². The number of alkyl halides is 2. The number of nitrogens with zero attached hydrogens (tertiary/aromatic N) is 1. The number of hydrogen-bond acceptors (Lipinski definition) is 4. The van der Waals surface area contributed by atoms with Crippen molar-refractivity contribution in [3.8, 4) is 5.75 Å². The fraction of sp³-hybridized carbons (Fsp3) is 0.647. The number of aliphatic hydroxyl groups is 1. The van der Waals surface area contributed by atoms with Gasteiger partial charge in [-0.1, -0.05) is 12.1 Å². The molecule has 6 heteroatoms. The van der Waals surface area contributed by atoms with Crippen LogP contribution in [0, 0.1) is 5.92 Å². The second kappa shape index (κ2) is 9.15. The van der Waals surface area contributed by atoms with Gasteiger partial charge in [0.2, 0.25) is 0 Å². The van der Waals surface area contributed by atoms with E-state index in [0.29, 0.717) is 18.0 Å². The number of hydrogen-bond donors (Lipinski definition) is 1. The zero-order valence-corrected chi connectivity index (χ0v) is 13.5. The van der Waals surface area contributed by atoms with Gasteiger partial charge in [0.15, 0.2) is 0 Å². The summed E-state index contributed by atoms with van der Waals surface area (Å²) in [4.78, 5) is 2.24. The van der Waals surface area contributed by atoms with Crippen molar-refractivity contribution in [1.29, 1.82) is 0 Å². The maximum Gasteiger partial charge on any atom is 0.387 e. The molecule has 1 saturated heterocycles. The summed E-state index contributed by atoms with van der Waals surface area (Å²) in [5, 5.41) is 10.3. The Morgan fingerprint density at radius 2 is 2.04 bits per heavy atom. The van der Waals surface area contributed by atoms with Gasteiger partial charge in [-0.25, -0.2) is 0 Å². The van der Waals surface area contributed by atoms with E-state index in [2.05, 4.69) is 9.64 Å².